The van der Waals surface area contributed by atoms with Crippen molar-refractivity contribution in [2.45, 2.75) is 362 Å². The third-order valence-corrected chi connectivity index (χ3v) is 19.0. The zero-order valence-corrected chi connectivity index (χ0v) is 63.0. The van der Waals surface area contributed by atoms with Gasteiger partial charge in [-0.1, -0.05) is 289 Å². The number of carbonyl (C=O) groups is 1. The second-order valence-corrected chi connectivity index (χ2v) is 27.8. The molecule has 0 spiro atoms. The fourth-order valence-corrected chi connectivity index (χ4v) is 12.6. The van der Waals surface area contributed by atoms with E-state index < -0.39 is 124 Å². The van der Waals surface area contributed by atoms with Crippen molar-refractivity contribution in [1.29, 1.82) is 0 Å². The molecule has 3 aliphatic heterocycles. The van der Waals surface area contributed by atoms with Crippen LogP contribution in [-0.2, 0) is 33.2 Å². The number of aliphatic hydroxyl groups is 11. The summed E-state index contributed by atoms with van der Waals surface area (Å²) in [7, 11) is 0. The van der Waals surface area contributed by atoms with E-state index in [9.17, 15) is 61.0 Å². The highest BCUT2D eigenvalue weighted by atomic mass is 16.8. The fraction of sp³-hybridized carbons (Fsp3) is 0.726. The molecule has 12 N–H and O–H groups in total. The van der Waals surface area contributed by atoms with E-state index in [2.05, 4.69) is 141 Å². The summed E-state index contributed by atoms with van der Waals surface area (Å²) in [6.07, 6.45) is 62.9. The second-order valence-electron chi connectivity index (χ2n) is 27.8. The number of ether oxygens (including phenoxy) is 6. The van der Waals surface area contributed by atoms with Crippen LogP contribution in [0.1, 0.15) is 258 Å². The highest BCUT2D eigenvalue weighted by molar-refractivity contribution is 5.76. The third kappa shape index (κ3) is 42.9. The molecule has 0 bridgehead atoms. The Kier molecular flexibility index (Phi) is 56.9. The molecule has 19 nitrogen and oxygen atoms in total. The van der Waals surface area contributed by atoms with Crippen molar-refractivity contribution >= 4 is 5.91 Å². The summed E-state index contributed by atoms with van der Waals surface area (Å²) >= 11 is 0. The lowest BCUT2D eigenvalue weighted by atomic mass is 9.96. The fourth-order valence-electron chi connectivity index (χ4n) is 12.6. The van der Waals surface area contributed by atoms with Gasteiger partial charge in [-0.3, -0.25) is 4.79 Å². The van der Waals surface area contributed by atoms with Gasteiger partial charge in [-0.15, -0.1) is 0 Å². The molecule has 17 unspecified atom stereocenters. The van der Waals surface area contributed by atoms with Crippen LogP contribution in [0.2, 0.25) is 0 Å². The molecule has 3 aliphatic rings. The van der Waals surface area contributed by atoms with Gasteiger partial charge in [0.1, 0.15) is 73.2 Å². The molecular weight excluding hydrogens is 1310 g/mol. The lowest BCUT2D eigenvalue weighted by molar-refractivity contribution is -0.379. The normalized spacial score (nSPS) is 26.8. The van der Waals surface area contributed by atoms with Gasteiger partial charge in [0.2, 0.25) is 5.91 Å². The molecule has 590 valence electrons. The van der Waals surface area contributed by atoms with Gasteiger partial charge in [0.25, 0.3) is 0 Å². The van der Waals surface area contributed by atoms with Crippen LogP contribution in [-0.4, -0.2) is 193 Å². The van der Waals surface area contributed by atoms with Crippen molar-refractivity contribution in [3.63, 3.8) is 0 Å². The van der Waals surface area contributed by atoms with Crippen LogP contribution in [0.25, 0.3) is 0 Å². The first-order valence-electron chi connectivity index (χ1n) is 39.9. The van der Waals surface area contributed by atoms with Gasteiger partial charge < -0.3 is 89.9 Å². The Labute approximate surface area is 620 Å². The monoisotopic (exact) mass is 1450 g/mol. The average Bonchev–Trinajstić information content (AvgIpc) is 0.782. The second kappa shape index (κ2) is 62.9. The number of hydrogen-bond donors (Lipinski definition) is 12. The van der Waals surface area contributed by atoms with E-state index in [0.717, 1.165) is 122 Å². The standard InChI is InChI=1S/C84H141NO18/c1-3-5-7-9-11-13-15-17-19-21-22-23-24-25-26-27-28-29-30-31-32-33-34-35-36-37-38-39-40-41-42-43-44-46-48-50-52-54-56-58-60-62-72(90)85-67(68(89)61-59-57-55-53-51-49-47-45-20-18-16-14-12-10-8-6-4-2)66-98-82-78(96)75(93)80(70(64-87)100-82)103-84-79(97)76(94)81(71(65-88)101-84)102-83-77(95)74(92)73(91)69(63-86)99-83/h5,7,11,13,17,19,22-23,25-26,28-29,31-32,34-35,37-38,40-41,59,61,67-71,73-84,86-89,91-97H,3-4,6,8-10,12,14-16,18,20-21,24,27,30,33,36,39,42-58,60,62-66H2,1-2H3,(H,85,90)/b7-5-,13-11-,19-17-,23-22-,26-25-,29-28-,32-31-,35-34-,38-37-,41-40-,61-59+. The Morgan fingerprint density at radius 3 is 1.05 bits per heavy atom. The number of nitrogens with one attached hydrogen (secondary N) is 1. The maximum absolute atomic E-state index is 13.5. The lowest BCUT2D eigenvalue weighted by Crippen LogP contribution is -2.66. The minimum absolute atomic E-state index is 0.230. The summed E-state index contributed by atoms with van der Waals surface area (Å²) in [6.45, 7) is 1.62. The Bertz CT molecular complexity index is 2380. The van der Waals surface area contributed by atoms with E-state index in [-0.39, 0.29) is 18.9 Å². The number of hydrogen-bond acceptors (Lipinski definition) is 18. The largest absolute Gasteiger partial charge is 0.394 e. The van der Waals surface area contributed by atoms with Crippen molar-refractivity contribution in [2.24, 2.45) is 0 Å². The van der Waals surface area contributed by atoms with Crippen molar-refractivity contribution < 1.29 is 89.4 Å². The Morgan fingerprint density at radius 2 is 0.670 bits per heavy atom. The van der Waals surface area contributed by atoms with Crippen molar-refractivity contribution in [2.75, 3.05) is 26.4 Å². The maximum atomic E-state index is 13.5. The zero-order chi connectivity index (χ0) is 74.6. The minimum atomic E-state index is -1.98. The molecule has 17 atom stereocenters. The van der Waals surface area contributed by atoms with Crippen LogP contribution < -0.4 is 5.32 Å². The van der Waals surface area contributed by atoms with E-state index in [4.69, 9.17) is 28.4 Å². The van der Waals surface area contributed by atoms with Gasteiger partial charge in [0.15, 0.2) is 18.9 Å². The highest BCUT2D eigenvalue weighted by Gasteiger charge is 2.54. The Morgan fingerprint density at radius 1 is 0.359 bits per heavy atom. The molecule has 0 aromatic heterocycles. The molecule has 0 aliphatic carbocycles. The SMILES string of the molecule is CC/C=C\C/C=C\C/C=C\C/C=C\C/C=C\C/C=C\C/C=C\C/C=C\C/C=C\C/C=C\CCCCCCCCCCCCC(=O)NC(COC1OC(CO)C(OC2OC(CO)C(OC3OC(CO)C(O)C(O)C3O)C(O)C2O)C(O)C1O)C(O)/C=C/CCCCCCCCCCCCCCCCC. The van der Waals surface area contributed by atoms with Crippen LogP contribution in [0.15, 0.2) is 134 Å². The molecule has 103 heavy (non-hydrogen) atoms. The third-order valence-electron chi connectivity index (χ3n) is 19.0. The summed E-state index contributed by atoms with van der Waals surface area (Å²) in [4.78, 5) is 13.5. The lowest BCUT2D eigenvalue weighted by Gasteiger charge is -2.48. The first kappa shape index (κ1) is 93.1. The van der Waals surface area contributed by atoms with Crippen LogP contribution in [0.3, 0.4) is 0 Å². The highest BCUT2D eigenvalue weighted by Crippen LogP contribution is 2.33. The number of carbonyl (C=O) groups excluding carboxylic acids is 1. The van der Waals surface area contributed by atoms with Crippen molar-refractivity contribution in [3.05, 3.63) is 134 Å². The molecule has 0 radical (unpaired) electrons. The van der Waals surface area contributed by atoms with E-state index >= 15 is 0 Å². The minimum Gasteiger partial charge on any atom is -0.394 e. The van der Waals surface area contributed by atoms with Crippen LogP contribution in [0, 0.1) is 0 Å². The van der Waals surface area contributed by atoms with E-state index in [1.54, 1.807) is 6.08 Å². The first-order chi connectivity index (χ1) is 50.3. The summed E-state index contributed by atoms with van der Waals surface area (Å²) < 4.78 is 34.4. The van der Waals surface area contributed by atoms with Gasteiger partial charge in [-0.2, -0.15) is 0 Å². The summed E-state index contributed by atoms with van der Waals surface area (Å²) in [5, 5.41) is 121. The quantitative estimate of drug-likeness (QED) is 0.0199. The molecule has 0 aromatic rings. The van der Waals surface area contributed by atoms with Crippen molar-refractivity contribution in [1.82, 2.24) is 5.32 Å². The molecular formula is C84H141NO18. The van der Waals surface area contributed by atoms with E-state index in [1.807, 2.05) is 6.08 Å². The molecule has 3 saturated heterocycles. The predicted molar refractivity (Wildman–Crippen MR) is 410 cm³/mol. The van der Waals surface area contributed by atoms with Crippen molar-refractivity contribution in [3.8, 4) is 0 Å². The molecule has 19 heteroatoms. The first-order valence-corrected chi connectivity index (χ1v) is 39.9. The smallest absolute Gasteiger partial charge is 0.220 e. The number of allylic oxidation sites excluding steroid dienone is 21. The Hall–Kier alpha value is -4.07. The topological polar surface area (TPSA) is 307 Å². The van der Waals surface area contributed by atoms with Gasteiger partial charge in [0.05, 0.1) is 38.6 Å². The van der Waals surface area contributed by atoms with Gasteiger partial charge in [-0.25, -0.2) is 0 Å². The summed E-state index contributed by atoms with van der Waals surface area (Å²) in [6, 6.07) is -0.985. The number of amides is 1. The Balaban J connectivity index is 1.33. The molecule has 3 fully saturated rings. The van der Waals surface area contributed by atoms with Gasteiger partial charge in [0, 0.05) is 6.42 Å². The molecule has 1 amide bonds. The van der Waals surface area contributed by atoms with Crippen LogP contribution in [0.5, 0.6) is 0 Å². The summed E-state index contributed by atoms with van der Waals surface area (Å²) in [5.41, 5.74) is 0. The van der Waals surface area contributed by atoms with Gasteiger partial charge in [-0.05, 0) is 96.3 Å². The number of aliphatic hydroxyl groups excluding tert-OH is 11. The maximum Gasteiger partial charge on any atom is 0.220 e. The molecule has 3 rings (SSSR count). The summed E-state index contributed by atoms with van der Waals surface area (Å²) in [5.74, 6) is -0.284. The van der Waals surface area contributed by atoms with E-state index in [0.29, 0.717) is 6.42 Å². The van der Waals surface area contributed by atoms with Gasteiger partial charge >= 0.3 is 0 Å². The average molecular weight is 1450 g/mol. The number of unbranched alkanes of at least 4 members (excludes halogenated alkanes) is 25. The van der Waals surface area contributed by atoms with Crippen LogP contribution in [0.4, 0.5) is 0 Å². The number of rotatable bonds is 61. The molecule has 0 saturated carbocycles. The van der Waals surface area contributed by atoms with E-state index in [1.165, 1.54) is 109 Å². The van der Waals surface area contributed by atoms with Crippen LogP contribution >= 0.6 is 0 Å². The zero-order valence-electron chi connectivity index (χ0n) is 63.0. The predicted octanol–water partition coefficient (Wildman–Crippen LogP) is 13.3. The molecule has 3 heterocycles. The molecule has 0 aromatic carbocycles.